The minimum atomic E-state index is 0.649. The highest BCUT2D eigenvalue weighted by Crippen LogP contribution is 2.36. The SMILES string of the molecule is c1cc2sccc2c(N(CC2CCCN2)C2CC2)n1. The maximum atomic E-state index is 4.69. The zero-order valence-corrected chi connectivity index (χ0v) is 11.8. The molecule has 0 bridgehead atoms. The van der Waals surface area contributed by atoms with E-state index in [1.165, 1.54) is 48.1 Å². The predicted molar refractivity (Wildman–Crippen MR) is 81.0 cm³/mol. The molecular formula is C15H19N3S. The zero-order chi connectivity index (χ0) is 12.7. The van der Waals surface area contributed by atoms with E-state index in [2.05, 4.69) is 32.7 Å². The summed E-state index contributed by atoms with van der Waals surface area (Å²) < 4.78 is 1.36. The molecule has 1 N–H and O–H groups in total. The highest BCUT2D eigenvalue weighted by molar-refractivity contribution is 7.17. The first-order valence-corrected chi connectivity index (χ1v) is 8.12. The van der Waals surface area contributed by atoms with Gasteiger partial charge in [-0.25, -0.2) is 4.98 Å². The number of anilines is 1. The molecule has 2 aliphatic rings. The van der Waals surface area contributed by atoms with Crippen LogP contribution in [0.25, 0.3) is 10.1 Å². The Labute approximate surface area is 117 Å². The molecule has 2 fully saturated rings. The van der Waals surface area contributed by atoms with Crippen LogP contribution >= 0.6 is 11.3 Å². The summed E-state index contributed by atoms with van der Waals surface area (Å²) in [5.74, 6) is 1.20. The van der Waals surface area contributed by atoms with Crippen LogP contribution in [0.3, 0.4) is 0 Å². The number of fused-ring (bicyclic) bond motifs is 1. The molecule has 1 aliphatic heterocycles. The minimum absolute atomic E-state index is 0.649. The number of thiophene rings is 1. The van der Waals surface area contributed by atoms with E-state index < -0.39 is 0 Å². The van der Waals surface area contributed by atoms with Gasteiger partial charge in [0, 0.05) is 34.9 Å². The number of nitrogens with zero attached hydrogens (tertiary/aromatic N) is 2. The third-order valence-corrected chi connectivity index (χ3v) is 5.08. The van der Waals surface area contributed by atoms with E-state index in [9.17, 15) is 0 Å². The fraction of sp³-hybridized carbons (Fsp3) is 0.533. The molecule has 2 aromatic rings. The number of nitrogens with one attached hydrogen (secondary N) is 1. The Morgan fingerprint density at radius 3 is 3.05 bits per heavy atom. The van der Waals surface area contributed by atoms with Crippen molar-refractivity contribution in [2.75, 3.05) is 18.0 Å². The van der Waals surface area contributed by atoms with Crippen LogP contribution in [-0.2, 0) is 0 Å². The summed E-state index contributed by atoms with van der Waals surface area (Å²) >= 11 is 1.81. The van der Waals surface area contributed by atoms with Crippen LogP contribution in [0.2, 0.25) is 0 Å². The summed E-state index contributed by atoms with van der Waals surface area (Å²) in [6.45, 7) is 2.30. The van der Waals surface area contributed by atoms with Crippen LogP contribution < -0.4 is 10.2 Å². The van der Waals surface area contributed by atoms with Gasteiger partial charge in [0.05, 0.1) is 0 Å². The molecule has 1 atom stereocenters. The fourth-order valence-electron chi connectivity index (χ4n) is 3.05. The van der Waals surface area contributed by atoms with Crippen LogP contribution in [0.1, 0.15) is 25.7 Å². The van der Waals surface area contributed by atoms with Gasteiger partial charge in [-0.2, -0.15) is 0 Å². The standard InChI is InChI=1S/C15H19N3S/c1-2-11(16-7-1)10-18(12-3-4-12)15-13-6-9-19-14(13)5-8-17-15/h5-6,8-9,11-12,16H,1-4,7,10H2. The smallest absolute Gasteiger partial charge is 0.137 e. The van der Waals surface area contributed by atoms with Gasteiger partial charge in [-0.1, -0.05) is 0 Å². The Balaban J connectivity index is 1.67. The first-order valence-electron chi connectivity index (χ1n) is 7.24. The van der Waals surface area contributed by atoms with Gasteiger partial charge in [-0.15, -0.1) is 11.3 Å². The van der Waals surface area contributed by atoms with Crippen molar-refractivity contribution >= 4 is 27.2 Å². The zero-order valence-electron chi connectivity index (χ0n) is 11.0. The third kappa shape index (κ3) is 2.23. The highest BCUT2D eigenvalue weighted by atomic mass is 32.1. The minimum Gasteiger partial charge on any atom is -0.352 e. The van der Waals surface area contributed by atoms with Gasteiger partial charge < -0.3 is 10.2 Å². The lowest BCUT2D eigenvalue weighted by Gasteiger charge is -2.27. The van der Waals surface area contributed by atoms with E-state index in [-0.39, 0.29) is 0 Å². The van der Waals surface area contributed by atoms with E-state index in [1.807, 2.05) is 17.5 Å². The molecule has 4 rings (SSSR count). The molecule has 19 heavy (non-hydrogen) atoms. The Morgan fingerprint density at radius 1 is 1.32 bits per heavy atom. The van der Waals surface area contributed by atoms with Crippen LogP contribution in [0.15, 0.2) is 23.7 Å². The second-order valence-corrected chi connectivity index (χ2v) is 6.59. The molecule has 1 saturated carbocycles. The lowest BCUT2D eigenvalue weighted by Crippen LogP contribution is -2.39. The normalized spacial score (nSPS) is 23.1. The summed E-state index contributed by atoms with van der Waals surface area (Å²) in [5, 5.41) is 7.12. The van der Waals surface area contributed by atoms with Gasteiger partial charge in [0.1, 0.15) is 5.82 Å². The quantitative estimate of drug-likeness (QED) is 0.928. The summed E-state index contributed by atoms with van der Waals surface area (Å²) in [6.07, 6.45) is 7.25. The second-order valence-electron chi connectivity index (χ2n) is 5.64. The van der Waals surface area contributed by atoms with Gasteiger partial charge in [0.2, 0.25) is 0 Å². The number of hydrogen-bond acceptors (Lipinski definition) is 4. The van der Waals surface area contributed by atoms with Crippen molar-refractivity contribution < 1.29 is 0 Å². The average Bonchev–Trinajstić information content (AvgIpc) is 2.95. The van der Waals surface area contributed by atoms with Crippen molar-refractivity contribution in [1.82, 2.24) is 10.3 Å². The lowest BCUT2D eigenvalue weighted by molar-refractivity contribution is 0.576. The Bertz CT molecular complexity index is 570. The largest absolute Gasteiger partial charge is 0.352 e. The van der Waals surface area contributed by atoms with E-state index in [0.717, 1.165) is 12.6 Å². The third-order valence-electron chi connectivity index (χ3n) is 4.20. The fourth-order valence-corrected chi connectivity index (χ4v) is 3.83. The van der Waals surface area contributed by atoms with Crippen LogP contribution in [0.4, 0.5) is 5.82 Å². The van der Waals surface area contributed by atoms with Crippen molar-refractivity contribution in [2.24, 2.45) is 0 Å². The Morgan fingerprint density at radius 2 is 2.26 bits per heavy atom. The van der Waals surface area contributed by atoms with Crippen molar-refractivity contribution in [3.63, 3.8) is 0 Å². The van der Waals surface area contributed by atoms with Crippen LogP contribution in [0, 0.1) is 0 Å². The van der Waals surface area contributed by atoms with Gasteiger partial charge in [0.15, 0.2) is 0 Å². The van der Waals surface area contributed by atoms with Crippen molar-refractivity contribution in [1.29, 1.82) is 0 Å². The van der Waals surface area contributed by atoms with Gasteiger partial charge in [-0.3, -0.25) is 0 Å². The van der Waals surface area contributed by atoms with Crippen molar-refractivity contribution in [2.45, 2.75) is 37.8 Å². The molecule has 0 spiro atoms. The van der Waals surface area contributed by atoms with Crippen molar-refractivity contribution in [3.05, 3.63) is 23.7 Å². The highest BCUT2D eigenvalue weighted by Gasteiger charge is 2.33. The Hall–Kier alpha value is -1.13. The first kappa shape index (κ1) is 11.7. The molecule has 3 nitrogen and oxygen atoms in total. The number of pyridine rings is 1. The number of hydrogen-bond donors (Lipinski definition) is 1. The Kier molecular flexibility index (Phi) is 2.93. The molecule has 100 valence electrons. The van der Waals surface area contributed by atoms with Crippen molar-refractivity contribution in [3.8, 4) is 0 Å². The second kappa shape index (κ2) is 4.76. The van der Waals surface area contributed by atoms with Crippen LogP contribution in [0.5, 0.6) is 0 Å². The van der Waals surface area contributed by atoms with Gasteiger partial charge >= 0.3 is 0 Å². The van der Waals surface area contributed by atoms with E-state index in [1.54, 1.807) is 0 Å². The molecule has 2 aromatic heterocycles. The first-order chi connectivity index (χ1) is 9.42. The maximum absolute atomic E-state index is 4.69. The molecular weight excluding hydrogens is 254 g/mol. The summed E-state index contributed by atoms with van der Waals surface area (Å²) in [6, 6.07) is 5.72. The molecule has 3 heterocycles. The summed E-state index contributed by atoms with van der Waals surface area (Å²) in [4.78, 5) is 7.24. The predicted octanol–water partition coefficient (Wildman–Crippen LogP) is 3.02. The molecule has 0 aromatic carbocycles. The molecule has 1 saturated heterocycles. The van der Waals surface area contributed by atoms with Crippen LogP contribution in [-0.4, -0.2) is 30.2 Å². The molecule has 1 unspecified atom stereocenters. The van der Waals surface area contributed by atoms with E-state index in [4.69, 9.17) is 0 Å². The molecule has 0 radical (unpaired) electrons. The van der Waals surface area contributed by atoms with E-state index >= 15 is 0 Å². The maximum Gasteiger partial charge on any atom is 0.137 e. The van der Waals surface area contributed by atoms with Gasteiger partial charge in [-0.05, 0) is 49.7 Å². The van der Waals surface area contributed by atoms with E-state index in [0.29, 0.717) is 6.04 Å². The molecule has 1 aliphatic carbocycles. The summed E-state index contributed by atoms with van der Waals surface area (Å²) in [5.41, 5.74) is 0. The molecule has 0 amide bonds. The number of aromatic nitrogens is 1. The monoisotopic (exact) mass is 273 g/mol. The topological polar surface area (TPSA) is 28.2 Å². The lowest BCUT2D eigenvalue weighted by atomic mass is 10.2. The average molecular weight is 273 g/mol. The van der Waals surface area contributed by atoms with Gasteiger partial charge in [0.25, 0.3) is 0 Å². The summed E-state index contributed by atoms with van der Waals surface area (Å²) in [7, 11) is 0. The molecule has 4 heteroatoms. The number of rotatable bonds is 4.